The van der Waals surface area contributed by atoms with Gasteiger partial charge in [-0.25, -0.2) is 4.79 Å². The van der Waals surface area contributed by atoms with E-state index in [-0.39, 0.29) is 23.9 Å². The number of rotatable bonds is 4. The molecule has 5 heteroatoms. The lowest BCUT2D eigenvalue weighted by Gasteiger charge is -2.13. The van der Waals surface area contributed by atoms with Crippen LogP contribution in [0.5, 0.6) is 0 Å². The molecule has 0 radical (unpaired) electrons. The number of benzene rings is 1. The van der Waals surface area contributed by atoms with Gasteiger partial charge >= 0.3 is 5.97 Å². The molecule has 17 heavy (non-hydrogen) atoms. The molecule has 0 spiro atoms. The Balaban J connectivity index is 3.03. The summed E-state index contributed by atoms with van der Waals surface area (Å²) in [6, 6.07) is 4.95. The molecule has 0 aromatic heterocycles. The summed E-state index contributed by atoms with van der Waals surface area (Å²) in [5.74, 6) is -1.68. The number of hydrogen-bond donors (Lipinski definition) is 3. The summed E-state index contributed by atoms with van der Waals surface area (Å²) in [4.78, 5) is 22.7. The first-order chi connectivity index (χ1) is 7.97. The van der Waals surface area contributed by atoms with E-state index in [0.717, 1.165) is 0 Å². The van der Waals surface area contributed by atoms with Gasteiger partial charge in [0.25, 0.3) is 0 Å². The lowest BCUT2D eigenvalue weighted by molar-refractivity contribution is -0.119. The number of aromatic carboxylic acids is 1. The number of carbonyl (C=O) groups excluding carboxylic acids is 1. The first-order valence-electron chi connectivity index (χ1n) is 5.31. The lowest BCUT2D eigenvalue weighted by Crippen LogP contribution is -2.27. The summed E-state index contributed by atoms with van der Waals surface area (Å²) >= 11 is 0. The van der Waals surface area contributed by atoms with Crippen molar-refractivity contribution in [1.82, 2.24) is 0 Å². The molecule has 5 nitrogen and oxygen atoms in total. The molecule has 4 N–H and O–H groups in total. The fourth-order valence-electron chi connectivity index (χ4n) is 1.42. The average Bonchev–Trinajstić information content (AvgIpc) is 2.27. The third kappa shape index (κ3) is 3.04. The highest BCUT2D eigenvalue weighted by molar-refractivity contribution is 6.02. The Hall–Kier alpha value is -1.88. The van der Waals surface area contributed by atoms with E-state index in [1.807, 2.05) is 0 Å². The zero-order chi connectivity index (χ0) is 13.0. The van der Waals surface area contributed by atoms with Gasteiger partial charge in [-0.1, -0.05) is 19.1 Å². The van der Waals surface area contributed by atoms with Crippen LogP contribution in [-0.2, 0) is 4.79 Å². The zero-order valence-electron chi connectivity index (χ0n) is 9.86. The number of carboxylic acid groups (broad SMARTS) is 1. The Kier molecular flexibility index (Phi) is 4.23. The van der Waals surface area contributed by atoms with Crippen LogP contribution in [0, 0.1) is 12.8 Å². The SMILES string of the molecule is Cc1cccc(NC(=O)C(C)CN)c1C(=O)O. The third-order valence-corrected chi connectivity index (χ3v) is 2.55. The summed E-state index contributed by atoms with van der Waals surface area (Å²) in [6.07, 6.45) is 0. The first kappa shape index (κ1) is 13.2. The van der Waals surface area contributed by atoms with Crippen molar-refractivity contribution in [3.05, 3.63) is 29.3 Å². The van der Waals surface area contributed by atoms with Crippen LogP contribution >= 0.6 is 0 Å². The Bertz CT molecular complexity index is 443. The third-order valence-electron chi connectivity index (χ3n) is 2.55. The van der Waals surface area contributed by atoms with Gasteiger partial charge in [0.05, 0.1) is 11.3 Å². The quantitative estimate of drug-likeness (QED) is 0.733. The Morgan fingerprint density at radius 3 is 2.65 bits per heavy atom. The van der Waals surface area contributed by atoms with Crippen LogP contribution < -0.4 is 11.1 Å². The Morgan fingerprint density at radius 2 is 2.12 bits per heavy atom. The van der Waals surface area contributed by atoms with E-state index in [1.54, 1.807) is 32.0 Å². The highest BCUT2D eigenvalue weighted by Crippen LogP contribution is 2.20. The largest absolute Gasteiger partial charge is 0.478 e. The molecule has 1 aromatic carbocycles. The molecule has 0 fully saturated rings. The predicted octanol–water partition coefficient (Wildman–Crippen LogP) is 1.23. The van der Waals surface area contributed by atoms with Crippen LogP contribution in [0.2, 0.25) is 0 Å². The molecule has 92 valence electrons. The second kappa shape index (κ2) is 5.45. The zero-order valence-corrected chi connectivity index (χ0v) is 9.86. The maximum atomic E-state index is 11.6. The van der Waals surface area contributed by atoms with Crippen LogP contribution in [-0.4, -0.2) is 23.5 Å². The summed E-state index contributed by atoms with van der Waals surface area (Å²) in [5.41, 5.74) is 6.41. The van der Waals surface area contributed by atoms with Gasteiger partial charge in [0.15, 0.2) is 0 Å². The predicted molar refractivity (Wildman–Crippen MR) is 65.0 cm³/mol. The van der Waals surface area contributed by atoms with Gasteiger partial charge in [-0.15, -0.1) is 0 Å². The van der Waals surface area contributed by atoms with Crippen molar-refractivity contribution >= 4 is 17.6 Å². The van der Waals surface area contributed by atoms with Gasteiger partial charge in [0.2, 0.25) is 5.91 Å². The second-order valence-electron chi connectivity index (χ2n) is 3.93. The fraction of sp³-hybridized carbons (Fsp3) is 0.333. The molecular weight excluding hydrogens is 220 g/mol. The Labute approximate surface area is 99.6 Å². The summed E-state index contributed by atoms with van der Waals surface area (Å²) < 4.78 is 0. The maximum absolute atomic E-state index is 11.6. The molecule has 0 saturated carbocycles. The number of anilines is 1. The van der Waals surface area contributed by atoms with E-state index >= 15 is 0 Å². The minimum atomic E-state index is -1.06. The summed E-state index contributed by atoms with van der Waals surface area (Å²) in [7, 11) is 0. The Morgan fingerprint density at radius 1 is 1.47 bits per heavy atom. The van der Waals surface area contributed by atoms with Gasteiger partial charge < -0.3 is 16.2 Å². The molecule has 0 bridgehead atoms. The molecule has 0 aliphatic rings. The number of carbonyl (C=O) groups is 2. The van der Waals surface area contributed by atoms with Gasteiger partial charge in [-0.3, -0.25) is 4.79 Å². The summed E-state index contributed by atoms with van der Waals surface area (Å²) in [5, 5.41) is 11.7. The number of nitrogens with one attached hydrogen (secondary N) is 1. The van der Waals surface area contributed by atoms with Crippen LogP contribution in [0.1, 0.15) is 22.8 Å². The van der Waals surface area contributed by atoms with Crippen molar-refractivity contribution in [2.75, 3.05) is 11.9 Å². The summed E-state index contributed by atoms with van der Waals surface area (Å²) in [6.45, 7) is 3.59. The van der Waals surface area contributed by atoms with Crippen molar-refractivity contribution in [2.45, 2.75) is 13.8 Å². The highest BCUT2D eigenvalue weighted by atomic mass is 16.4. The normalized spacial score (nSPS) is 11.9. The van der Waals surface area contributed by atoms with Gasteiger partial charge in [-0.05, 0) is 18.6 Å². The molecule has 1 unspecified atom stereocenters. The molecule has 0 aliphatic carbocycles. The molecular formula is C12H16N2O3. The van der Waals surface area contributed by atoms with Crippen LogP contribution in [0.4, 0.5) is 5.69 Å². The molecule has 1 aromatic rings. The van der Waals surface area contributed by atoms with Crippen molar-refractivity contribution in [3.8, 4) is 0 Å². The molecule has 1 rings (SSSR count). The van der Waals surface area contributed by atoms with E-state index in [9.17, 15) is 9.59 Å². The molecule has 0 saturated heterocycles. The number of amides is 1. The first-order valence-corrected chi connectivity index (χ1v) is 5.31. The number of nitrogens with two attached hydrogens (primary N) is 1. The van der Waals surface area contributed by atoms with E-state index < -0.39 is 5.97 Å². The van der Waals surface area contributed by atoms with Gasteiger partial charge in [0, 0.05) is 12.5 Å². The molecule has 0 aliphatic heterocycles. The standard InChI is InChI=1S/C12H16N2O3/c1-7-4-3-5-9(10(7)12(16)17)14-11(15)8(2)6-13/h3-5,8H,6,13H2,1-2H3,(H,14,15)(H,16,17). The van der Waals surface area contributed by atoms with E-state index in [2.05, 4.69) is 5.32 Å². The maximum Gasteiger partial charge on any atom is 0.338 e. The van der Waals surface area contributed by atoms with Crippen LogP contribution in [0.3, 0.4) is 0 Å². The molecule has 1 atom stereocenters. The molecule has 1 amide bonds. The monoisotopic (exact) mass is 236 g/mol. The van der Waals surface area contributed by atoms with Crippen LogP contribution in [0.25, 0.3) is 0 Å². The second-order valence-corrected chi connectivity index (χ2v) is 3.93. The van der Waals surface area contributed by atoms with Crippen molar-refractivity contribution in [3.63, 3.8) is 0 Å². The van der Waals surface area contributed by atoms with Crippen molar-refractivity contribution < 1.29 is 14.7 Å². The van der Waals surface area contributed by atoms with Gasteiger partial charge in [0.1, 0.15) is 0 Å². The topological polar surface area (TPSA) is 92.4 Å². The lowest BCUT2D eigenvalue weighted by atomic mass is 10.1. The fourth-order valence-corrected chi connectivity index (χ4v) is 1.42. The minimum absolute atomic E-state index is 0.116. The van der Waals surface area contributed by atoms with E-state index in [0.29, 0.717) is 11.3 Å². The highest BCUT2D eigenvalue weighted by Gasteiger charge is 2.17. The molecule has 0 heterocycles. The number of carboxylic acids is 1. The van der Waals surface area contributed by atoms with Crippen LogP contribution in [0.15, 0.2) is 18.2 Å². The van der Waals surface area contributed by atoms with E-state index in [4.69, 9.17) is 10.8 Å². The van der Waals surface area contributed by atoms with E-state index in [1.165, 1.54) is 0 Å². The minimum Gasteiger partial charge on any atom is -0.478 e. The van der Waals surface area contributed by atoms with Gasteiger partial charge in [-0.2, -0.15) is 0 Å². The number of hydrogen-bond acceptors (Lipinski definition) is 3. The smallest absolute Gasteiger partial charge is 0.338 e. The van der Waals surface area contributed by atoms with Crippen molar-refractivity contribution in [2.24, 2.45) is 11.7 Å². The van der Waals surface area contributed by atoms with Crippen molar-refractivity contribution in [1.29, 1.82) is 0 Å². The average molecular weight is 236 g/mol. The number of aryl methyl sites for hydroxylation is 1.